The molecule has 10 heteroatoms. The van der Waals surface area contributed by atoms with Gasteiger partial charge in [-0.25, -0.2) is 15.0 Å². The molecule has 0 fully saturated rings. The number of hydrogen-bond acceptors (Lipinski definition) is 10. The van der Waals surface area contributed by atoms with Crippen LogP contribution in [0.25, 0.3) is 44.7 Å². The van der Waals surface area contributed by atoms with Crippen LogP contribution in [0.5, 0.6) is 0 Å². The topological polar surface area (TPSA) is 150 Å². The molecule has 3 N–H and O–H groups in total. The Hall–Kier alpha value is -5.50. The highest BCUT2D eigenvalue weighted by atomic mass is 16.3. The van der Waals surface area contributed by atoms with Crippen LogP contribution in [0.15, 0.2) is 65.2 Å². The number of carbonyl (C=O) groups excluding carboxylic acids is 1. The van der Waals surface area contributed by atoms with Gasteiger partial charge < -0.3 is 20.2 Å². The molecule has 0 saturated heterocycles. The maximum atomic E-state index is 11.4. The number of pyridine rings is 1. The molecule has 3 aromatic heterocycles. The van der Waals surface area contributed by atoms with Gasteiger partial charge in [0.1, 0.15) is 29.2 Å². The standard InChI is InChI=1S/C35H31N7O3/c1-19(17-43)37-15-24-13-30-32(38-16-24)34(40-22(4)39-30)41-29-10-6-8-27(21(29)3)26-7-5-9-28(20(26)2)35-42-31-12-23(18-44)11-25(14-36)33(31)45-35/h5-13,16,18-19,37,43H,15,17H2,1-4H3,(H,39,40,41)/t19-/m0/s1. The fourth-order valence-corrected chi connectivity index (χ4v) is 5.39. The number of hydrogen-bond donors (Lipinski definition) is 3. The van der Waals surface area contributed by atoms with Crippen molar-refractivity contribution in [2.75, 3.05) is 11.9 Å². The molecular formula is C35H31N7O3. The maximum absolute atomic E-state index is 11.4. The van der Waals surface area contributed by atoms with Gasteiger partial charge in [0, 0.05) is 35.6 Å². The van der Waals surface area contributed by atoms with Crippen LogP contribution in [0.2, 0.25) is 0 Å². The number of aliphatic hydroxyl groups is 1. The number of oxazole rings is 1. The van der Waals surface area contributed by atoms with E-state index in [1.165, 1.54) is 6.07 Å². The molecule has 0 radical (unpaired) electrons. The Bertz CT molecular complexity index is 2130. The Kier molecular flexibility index (Phi) is 8.04. The minimum absolute atomic E-state index is 0.0207. The third kappa shape index (κ3) is 5.74. The Morgan fingerprint density at radius 3 is 2.49 bits per heavy atom. The Labute approximate surface area is 259 Å². The first-order valence-corrected chi connectivity index (χ1v) is 14.5. The number of nitrogens with zero attached hydrogens (tertiary/aromatic N) is 5. The van der Waals surface area contributed by atoms with Gasteiger partial charge in [0.15, 0.2) is 11.4 Å². The molecule has 1 atom stereocenters. The fourth-order valence-electron chi connectivity index (χ4n) is 5.39. The zero-order valence-corrected chi connectivity index (χ0v) is 25.3. The summed E-state index contributed by atoms with van der Waals surface area (Å²) in [5.74, 6) is 1.61. The predicted octanol–water partition coefficient (Wildman–Crippen LogP) is 6.32. The highest BCUT2D eigenvalue weighted by Gasteiger charge is 2.18. The lowest BCUT2D eigenvalue weighted by molar-refractivity contribution is 0.112. The number of carbonyl (C=O) groups is 1. The summed E-state index contributed by atoms with van der Waals surface area (Å²) in [6, 6.07) is 19.2. The van der Waals surface area contributed by atoms with Crippen LogP contribution in [0.3, 0.4) is 0 Å². The molecule has 0 unspecified atom stereocenters. The van der Waals surface area contributed by atoms with Gasteiger partial charge in [-0.3, -0.25) is 9.78 Å². The zero-order chi connectivity index (χ0) is 31.7. The number of benzene rings is 3. The van der Waals surface area contributed by atoms with Gasteiger partial charge in [-0.1, -0.05) is 24.3 Å². The third-order valence-corrected chi connectivity index (χ3v) is 7.84. The van der Waals surface area contributed by atoms with Crippen LogP contribution in [0, 0.1) is 32.1 Å². The normalized spacial score (nSPS) is 11.9. The van der Waals surface area contributed by atoms with Crippen molar-refractivity contribution in [1.29, 1.82) is 5.26 Å². The van der Waals surface area contributed by atoms with Crippen molar-refractivity contribution >= 4 is 39.9 Å². The number of nitriles is 1. The van der Waals surface area contributed by atoms with Gasteiger partial charge in [0.25, 0.3) is 0 Å². The van der Waals surface area contributed by atoms with E-state index in [1.54, 1.807) is 12.3 Å². The molecule has 0 bridgehead atoms. The average Bonchev–Trinajstić information content (AvgIpc) is 3.48. The van der Waals surface area contributed by atoms with Crippen LogP contribution in [0.1, 0.15) is 45.4 Å². The summed E-state index contributed by atoms with van der Waals surface area (Å²) in [5, 5.41) is 25.7. The molecule has 0 aliphatic heterocycles. The average molecular weight is 598 g/mol. The van der Waals surface area contributed by atoms with E-state index >= 15 is 0 Å². The maximum Gasteiger partial charge on any atom is 0.227 e. The second-order valence-electron chi connectivity index (χ2n) is 11.0. The van der Waals surface area contributed by atoms with Gasteiger partial charge >= 0.3 is 0 Å². The van der Waals surface area contributed by atoms with E-state index in [0.717, 1.165) is 44.6 Å². The lowest BCUT2D eigenvalue weighted by Gasteiger charge is -2.17. The summed E-state index contributed by atoms with van der Waals surface area (Å²) in [5.41, 5.74) is 9.47. The highest BCUT2D eigenvalue weighted by Crippen LogP contribution is 2.37. The van der Waals surface area contributed by atoms with E-state index in [9.17, 15) is 15.2 Å². The predicted molar refractivity (Wildman–Crippen MR) is 173 cm³/mol. The summed E-state index contributed by atoms with van der Waals surface area (Å²) in [7, 11) is 0. The van der Waals surface area contributed by atoms with Crippen molar-refractivity contribution in [3.63, 3.8) is 0 Å². The van der Waals surface area contributed by atoms with Gasteiger partial charge in [-0.05, 0) is 85.8 Å². The van der Waals surface area contributed by atoms with E-state index in [0.29, 0.717) is 52.5 Å². The van der Waals surface area contributed by atoms with Crippen LogP contribution in [-0.4, -0.2) is 44.0 Å². The molecule has 0 aliphatic carbocycles. The zero-order valence-electron chi connectivity index (χ0n) is 25.3. The molecule has 6 rings (SSSR count). The largest absolute Gasteiger partial charge is 0.435 e. The number of aryl methyl sites for hydroxylation is 1. The number of aliphatic hydroxyl groups excluding tert-OH is 1. The molecule has 3 aromatic carbocycles. The molecular weight excluding hydrogens is 566 g/mol. The quantitative estimate of drug-likeness (QED) is 0.162. The summed E-state index contributed by atoms with van der Waals surface area (Å²) in [6.07, 6.45) is 2.49. The number of anilines is 2. The number of aldehydes is 1. The molecule has 3 heterocycles. The minimum Gasteiger partial charge on any atom is -0.435 e. The van der Waals surface area contributed by atoms with Crippen molar-refractivity contribution < 1.29 is 14.3 Å². The Balaban J connectivity index is 1.36. The lowest BCUT2D eigenvalue weighted by atomic mass is 9.93. The SMILES string of the molecule is Cc1nc(Nc2cccc(-c3cccc(-c4nc5cc(C=O)cc(C#N)c5o4)c3C)c2C)c2ncc(CN[C@@H](C)CO)cc2n1. The first-order valence-electron chi connectivity index (χ1n) is 14.5. The Morgan fingerprint density at radius 1 is 0.978 bits per heavy atom. The minimum atomic E-state index is -0.0207. The van der Waals surface area contributed by atoms with Gasteiger partial charge in [-0.2, -0.15) is 5.26 Å². The molecule has 0 aliphatic rings. The molecule has 224 valence electrons. The highest BCUT2D eigenvalue weighted by molar-refractivity contribution is 5.91. The van der Waals surface area contributed by atoms with Crippen molar-refractivity contribution in [2.24, 2.45) is 0 Å². The second-order valence-corrected chi connectivity index (χ2v) is 11.0. The molecule has 0 saturated carbocycles. The Morgan fingerprint density at radius 2 is 1.73 bits per heavy atom. The summed E-state index contributed by atoms with van der Waals surface area (Å²) >= 11 is 0. The molecule has 45 heavy (non-hydrogen) atoms. The number of rotatable bonds is 9. The first kappa shape index (κ1) is 29.6. The van der Waals surface area contributed by atoms with Crippen LogP contribution in [0.4, 0.5) is 11.5 Å². The van der Waals surface area contributed by atoms with Crippen molar-refractivity contribution in [3.05, 3.63) is 94.4 Å². The van der Waals surface area contributed by atoms with Crippen molar-refractivity contribution in [1.82, 2.24) is 25.3 Å². The first-order chi connectivity index (χ1) is 21.8. The molecule has 0 spiro atoms. The second kappa shape index (κ2) is 12.2. The van der Waals surface area contributed by atoms with E-state index in [1.807, 2.05) is 51.1 Å². The van der Waals surface area contributed by atoms with Crippen LogP contribution < -0.4 is 10.6 Å². The lowest BCUT2D eigenvalue weighted by Crippen LogP contribution is -2.28. The molecule has 6 aromatic rings. The van der Waals surface area contributed by atoms with E-state index in [2.05, 4.69) is 55.7 Å². The summed E-state index contributed by atoms with van der Waals surface area (Å²) in [6.45, 7) is 8.47. The van der Waals surface area contributed by atoms with E-state index in [-0.39, 0.29) is 18.2 Å². The van der Waals surface area contributed by atoms with Gasteiger partial charge in [-0.15, -0.1) is 0 Å². The van der Waals surface area contributed by atoms with Crippen LogP contribution in [-0.2, 0) is 6.54 Å². The summed E-state index contributed by atoms with van der Waals surface area (Å²) in [4.78, 5) is 30.0. The van der Waals surface area contributed by atoms with E-state index in [4.69, 9.17) is 4.42 Å². The van der Waals surface area contributed by atoms with E-state index < -0.39 is 0 Å². The van der Waals surface area contributed by atoms with Crippen molar-refractivity contribution in [3.8, 4) is 28.7 Å². The fraction of sp³-hybridized carbons (Fsp3) is 0.200. The van der Waals surface area contributed by atoms with Crippen molar-refractivity contribution in [2.45, 2.75) is 40.3 Å². The van der Waals surface area contributed by atoms with Crippen LogP contribution >= 0.6 is 0 Å². The monoisotopic (exact) mass is 597 g/mol. The smallest absolute Gasteiger partial charge is 0.227 e. The number of nitrogens with one attached hydrogen (secondary N) is 2. The number of fused-ring (bicyclic) bond motifs is 2. The molecule has 10 nitrogen and oxygen atoms in total. The summed E-state index contributed by atoms with van der Waals surface area (Å²) < 4.78 is 6.08. The molecule has 0 amide bonds. The third-order valence-electron chi connectivity index (χ3n) is 7.84. The van der Waals surface area contributed by atoms with Gasteiger partial charge in [0.2, 0.25) is 5.89 Å². The number of aromatic nitrogens is 4. The van der Waals surface area contributed by atoms with Gasteiger partial charge in [0.05, 0.1) is 17.7 Å².